The molecule has 0 aromatic heterocycles. The fourth-order valence-electron chi connectivity index (χ4n) is 2.24. The van der Waals surface area contributed by atoms with Crippen LogP contribution in [0.4, 0.5) is 5.69 Å². The van der Waals surface area contributed by atoms with Gasteiger partial charge in [0.05, 0.1) is 10.5 Å². The largest absolute Gasteiger partial charge is 0.488 e. The number of nitrogens with zero attached hydrogens (tertiary/aromatic N) is 1. The Bertz CT molecular complexity index is 671. The number of ether oxygens (including phenoxy) is 1. The minimum Gasteiger partial charge on any atom is -0.488 e. The average Bonchev–Trinajstić information content (AvgIpc) is 2.46. The molecule has 0 atom stereocenters. The number of aldehydes is 1. The third-order valence-corrected chi connectivity index (χ3v) is 3.18. The van der Waals surface area contributed by atoms with Crippen molar-refractivity contribution in [3.05, 3.63) is 68.8 Å². The third kappa shape index (κ3) is 3.25. The zero-order chi connectivity index (χ0) is 15.4. The second kappa shape index (κ2) is 6.17. The Balaban J connectivity index is 2.25. The molecule has 5 heteroatoms. The van der Waals surface area contributed by atoms with Crippen molar-refractivity contribution in [2.75, 3.05) is 0 Å². The van der Waals surface area contributed by atoms with Crippen LogP contribution in [0.2, 0.25) is 0 Å². The van der Waals surface area contributed by atoms with Crippen molar-refractivity contribution in [3.8, 4) is 5.75 Å². The molecule has 0 aliphatic heterocycles. The molecule has 0 aliphatic rings. The van der Waals surface area contributed by atoms with Gasteiger partial charge in [0.25, 0.3) is 5.69 Å². The molecule has 0 radical (unpaired) electrons. The lowest BCUT2D eigenvalue weighted by atomic mass is 10.1. The molecule has 2 aromatic rings. The number of nitro groups is 1. The Labute approximate surface area is 122 Å². The van der Waals surface area contributed by atoms with E-state index in [4.69, 9.17) is 4.74 Å². The SMILES string of the molecule is Cc1cc(C=O)cc(C)c1OCc1ccccc1[N+](=O)[O-]. The van der Waals surface area contributed by atoms with Crippen LogP contribution in [0.15, 0.2) is 36.4 Å². The Morgan fingerprint density at radius 2 is 1.81 bits per heavy atom. The summed E-state index contributed by atoms with van der Waals surface area (Å²) in [5.41, 5.74) is 2.80. The van der Waals surface area contributed by atoms with Crippen LogP contribution in [-0.4, -0.2) is 11.2 Å². The minimum atomic E-state index is -0.423. The van der Waals surface area contributed by atoms with Gasteiger partial charge in [-0.15, -0.1) is 0 Å². The van der Waals surface area contributed by atoms with E-state index in [0.717, 1.165) is 17.4 Å². The third-order valence-electron chi connectivity index (χ3n) is 3.18. The highest BCUT2D eigenvalue weighted by atomic mass is 16.6. The summed E-state index contributed by atoms with van der Waals surface area (Å²) in [5, 5.41) is 11.0. The molecule has 108 valence electrons. The molecule has 0 aliphatic carbocycles. The summed E-state index contributed by atoms with van der Waals surface area (Å²) < 4.78 is 5.72. The van der Waals surface area contributed by atoms with Crippen molar-refractivity contribution in [2.45, 2.75) is 20.5 Å². The van der Waals surface area contributed by atoms with E-state index in [1.807, 2.05) is 13.8 Å². The number of para-hydroxylation sites is 1. The van der Waals surface area contributed by atoms with Crippen molar-refractivity contribution in [3.63, 3.8) is 0 Å². The van der Waals surface area contributed by atoms with Gasteiger partial charge in [-0.05, 0) is 43.2 Å². The summed E-state index contributed by atoms with van der Waals surface area (Å²) in [7, 11) is 0. The summed E-state index contributed by atoms with van der Waals surface area (Å²) in [5.74, 6) is 0.652. The predicted molar refractivity (Wildman–Crippen MR) is 78.7 cm³/mol. The molecule has 0 saturated heterocycles. The van der Waals surface area contributed by atoms with Gasteiger partial charge in [0, 0.05) is 11.6 Å². The van der Waals surface area contributed by atoms with E-state index in [9.17, 15) is 14.9 Å². The Kier molecular flexibility index (Phi) is 4.33. The highest BCUT2D eigenvalue weighted by Crippen LogP contribution is 2.27. The first-order chi connectivity index (χ1) is 10.0. The molecule has 2 rings (SSSR count). The standard InChI is InChI=1S/C16H15NO4/c1-11-7-13(9-18)8-12(2)16(11)21-10-14-5-3-4-6-15(14)17(19)20/h3-9H,10H2,1-2H3. The molecule has 0 unspecified atom stereocenters. The number of nitro benzene ring substituents is 1. The fourth-order valence-corrected chi connectivity index (χ4v) is 2.24. The second-order valence-electron chi connectivity index (χ2n) is 4.78. The van der Waals surface area contributed by atoms with Crippen LogP contribution in [0.1, 0.15) is 27.0 Å². The molecule has 0 bridgehead atoms. The molecule has 0 N–H and O–H groups in total. The van der Waals surface area contributed by atoms with Crippen LogP contribution in [0.3, 0.4) is 0 Å². The number of carbonyl (C=O) groups is 1. The fraction of sp³-hybridized carbons (Fsp3) is 0.188. The number of hydrogen-bond donors (Lipinski definition) is 0. The Morgan fingerprint density at radius 1 is 1.19 bits per heavy atom. The van der Waals surface area contributed by atoms with Gasteiger partial charge < -0.3 is 4.74 Å². The van der Waals surface area contributed by atoms with E-state index in [1.54, 1.807) is 30.3 Å². The smallest absolute Gasteiger partial charge is 0.276 e. The number of benzene rings is 2. The van der Waals surface area contributed by atoms with E-state index < -0.39 is 4.92 Å². The highest BCUT2D eigenvalue weighted by molar-refractivity contribution is 5.76. The first kappa shape index (κ1) is 14.7. The molecule has 5 nitrogen and oxygen atoms in total. The van der Waals surface area contributed by atoms with Crippen LogP contribution in [0, 0.1) is 24.0 Å². The summed E-state index contributed by atoms with van der Waals surface area (Å²) in [4.78, 5) is 21.3. The molecule has 2 aromatic carbocycles. The van der Waals surface area contributed by atoms with E-state index in [1.165, 1.54) is 6.07 Å². The van der Waals surface area contributed by atoms with Crippen molar-refractivity contribution in [1.29, 1.82) is 0 Å². The van der Waals surface area contributed by atoms with Gasteiger partial charge in [0.2, 0.25) is 0 Å². The molecule has 0 spiro atoms. The van der Waals surface area contributed by atoms with E-state index in [0.29, 0.717) is 16.9 Å². The van der Waals surface area contributed by atoms with E-state index in [2.05, 4.69) is 0 Å². The normalized spacial score (nSPS) is 10.2. The number of aryl methyl sites for hydroxylation is 2. The van der Waals surface area contributed by atoms with Crippen LogP contribution in [0.25, 0.3) is 0 Å². The summed E-state index contributed by atoms with van der Waals surface area (Å²) >= 11 is 0. The maximum Gasteiger partial charge on any atom is 0.276 e. The average molecular weight is 285 g/mol. The first-order valence-electron chi connectivity index (χ1n) is 6.44. The van der Waals surface area contributed by atoms with Gasteiger partial charge in [-0.3, -0.25) is 14.9 Å². The Hall–Kier alpha value is -2.69. The van der Waals surface area contributed by atoms with Gasteiger partial charge in [-0.2, -0.15) is 0 Å². The van der Waals surface area contributed by atoms with Gasteiger partial charge in [0.1, 0.15) is 18.6 Å². The maximum absolute atomic E-state index is 11.0. The zero-order valence-electron chi connectivity index (χ0n) is 11.8. The van der Waals surface area contributed by atoms with Gasteiger partial charge >= 0.3 is 0 Å². The molecule has 21 heavy (non-hydrogen) atoms. The maximum atomic E-state index is 11.0. The van der Waals surface area contributed by atoms with E-state index in [-0.39, 0.29) is 12.3 Å². The number of carbonyl (C=O) groups excluding carboxylic acids is 1. The number of rotatable bonds is 5. The monoisotopic (exact) mass is 285 g/mol. The van der Waals surface area contributed by atoms with Crippen LogP contribution < -0.4 is 4.74 Å². The minimum absolute atomic E-state index is 0.0392. The second-order valence-corrected chi connectivity index (χ2v) is 4.78. The molecular formula is C16H15NO4. The number of hydrogen-bond acceptors (Lipinski definition) is 4. The van der Waals surface area contributed by atoms with Crippen molar-refractivity contribution in [1.82, 2.24) is 0 Å². The summed E-state index contributed by atoms with van der Waals surface area (Å²) in [6.07, 6.45) is 0.784. The highest BCUT2D eigenvalue weighted by Gasteiger charge is 2.14. The molecule has 0 amide bonds. The van der Waals surface area contributed by atoms with E-state index >= 15 is 0 Å². The quantitative estimate of drug-likeness (QED) is 0.478. The lowest BCUT2D eigenvalue weighted by molar-refractivity contribution is -0.385. The summed E-state index contributed by atoms with van der Waals surface area (Å²) in [6, 6.07) is 9.94. The lowest BCUT2D eigenvalue weighted by Gasteiger charge is -2.13. The van der Waals surface area contributed by atoms with Gasteiger partial charge in [0.15, 0.2) is 0 Å². The summed E-state index contributed by atoms with van der Waals surface area (Å²) in [6.45, 7) is 3.79. The van der Waals surface area contributed by atoms with Crippen LogP contribution in [-0.2, 0) is 6.61 Å². The predicted octanol–water partition coefficient (Wildman–Crippen LogP) is 3.60. The molecule has 0 fully saturated rings. The van der Waals surface area contributed by atoms with Crippen molar-refractivity contribution in [2.24, 2.45) is 0 Å². The van der Waals surface area contributed by atoms with Crippen LogP contribution >= 0.6 is 0 Å². The molecule has 0 saturated carbocycles. The van der Waals surface area contributed by atoms with Gasteiger partial charge in [-0.25, -0.2) is 0 Å². The zero-order valence-corrected chi connectivity index (χ0v) is 11.8. The van der Waals surface area contributed by atoms with Gasteiger partial charge in [-0.1, -0.05) is 12.1 Å². The van der Waals surface area contributed by atoms with Crippen molar-refractivity contribution < 1.29 is 14.5 Å². The Morgan fingerprint density at radius 3 is 2.38 bits per heavy atom. The first-order valence-corrected chi connectivity index (χ1v) is 6.44. The lowest BCUT2D eigenvalue weighted by Crippen LogP contribution is -2.03. The topological polar surface area (TPSA) is 69.4 Å². The molecule has 0 heterocycles. The molecular weight excluding hydrogens is 270 g/mol. The van der Waals surface area contributed by atoms with Crippen LogP contribution in [0.5, 0.6) is 5.75 Å². The van der Waals surface area contributed by atoms with Crippen molar-refractivity contribution >= 4 is 12.0 Å².